The van der Waals surface area contributed by atoms with Gasteiger partial charge in [0.05, 0.1) is 17.7 Å². The van der Waals surface area contributed by atoms with Gasteiger partial charge in [-0.1, -0.05) is 17.3 Å². The number of hydrogen-bond donors (Lipinski definition) is 3. The first kappa shape index (κ1) is 17.6. The summed E-state index contributed by atoms with van der Waals surface area (Å²) in [6.07, 6.45) is 1.05. The number of hydrogen-bond acceptors (Lipinski definition) is 6. The van der Waals surface area contributed by atoms with Crippen LogP contribution in [0.25, 0.3) is 0 Å². The molecular formula is C17H19N5O4. The molecule has 3 amide bonds. The van der Waals surface area contributed by atoms with Crippen LogP contribution in [0.1, 0.15) is 34.9 Å². The number of carbonyl (C=O) groups is 3. The highest BCUT2D eigenvalue weighted by Gasteiger charge is 2.29. The van der Waals surface area contributed by atoms with E-state index in [1.165, 1.54) is 0 Å². The van der Waals surface area contributed by atoms with Crippen LogP contribution in [0.15, 0.2) is 28.8 Å². The Bertz CT molecular complexity index is 832. The van der Waals surface area contributed by atoms with Crippen molar-refractivity contribution in [1.82, 2.24) is 20.8 Å². The lowest BCUT2D eigenvalue weighted by atomic mass is 10.1. The van der Waals surface area contributed by atoms with Crippen molar-refractivity contribution in [2.75, 3.05) is 11.9 Å². The number of amides is 3. The fraction of sp³-hybridized carbons (Fsp3) is 0.353. The largest absolute Gasteiger partial charge is 0.356 e. The third kappa shape index (κ3) is 4.24. The number of carbonyl (C=O) groups excluding carboxylic acids is 3. The number of aromatic nitrogens is 2. The normalized spacial score (nSPS) is 16.3. The average Bonchev–Trinajstić information content (AvgIpc) is 2.98. The molecule has 0 radical (unpaired) electrons. The Hall–Kier alpha value is -3.23. The van der Waals surface area contributed by atoms with E-state index in [0.717, 1.165) is 0 Å². The van der Waals surface area contributed by atoms with Gasteiger partial charge in [-0.2, -0.15) is 4.98 Å². The summed E-state index contributed by atoms with van der Waals surface area (Å²) >= 11 is 0. The second-order valence-electron chi connectivity index (χ2n) is 5.95. The quantitative estimate of drug-likeness (QED) is 0.649. The summed E-state index contributed by atoms with van der Waals surface area (Å²) < 4.78 is 4.99. The van der Waals surface area contributed by atoms with Gasteiger partial charge in [-0.3, -0.25) is 14.4 Å². The molecule has 1 atom stereocenters. The van der Waals surface area contributed by atoms with E-state index in [0.29, 0.717) is 42.4 Å². The zero-order valence-electron chi connectivity index (χ0n) is 14.2. The molecule has 1 aliphatic heterocycles. The summed E-state index contributed by atoms with van der Waals surface area (Å²) in [6, 6.07) is 5.78. The third-order valence-electron chi connectivity index (χ3n) is 3.90. The molecule has 136 valence electrons. The van der Waals surface area contributed by atoms with Gasteiger partial charge < -0.3 is 20.5 Å². The summed E-state index contributed by atoms with van der Waals surface area (Å²) in [5.74, 6) is -0.0357. The molecule has 2 heterocycles. The van der Waals surface area contributed by atoms with Gasteiger partial charge in [0, 0.05) is 13.0 Å². The highest BCUT2D eigenvalue weighted by atomic mass is 16.5. The maximum atomic E-state index is 12.2. The van der Waals surface area contributed by atoms with E-state index in [1.54, 1.807) is 31.2 Å². The van der Waals surface area contributed by atoms with Crippen LogP contribution in [-0.2, 0) is 16.0 Å². The monoisotopic (exact) mass is 357 g/mol. The van der Waals surface area contributed by atoms with Crippen molar-refractivity contribution >= 4 is 23.4 Å². The number of rotatable bonds is 6. The molecule has 2 aromatic rings. The van der Waals surface area contributed by atoms with Gasteiger partial charge in [-0.25, -0.2) is 0 Å². The Labute approximate surface area is 149 Å². The molecule has 0 bridgehead atoms. The number of nitrogens with zero attached hydrogens (tertiary/aromatic N) is 2. The molecule has 3 rings (SSSR count). The molecule has 1 aromatic heterocycles. The van der Waals surface area contributed by atoms with Crippen molar-refractivity contribution in [2.45, 2.75) is 32.2 Å². The van der Waals surface area contributed by atoms with E-state index >= 15 is 0 Å². The first-order valence-corrected chi connectivity index (χ1v) is 8.29. The summed E-state index contributed by atoms with van der Waals surface area (Å²) in [4.78, 5) is 40.6. The van der Waals surface area contributed by atoms with Crippen molar-refractivity contribution in [3.8, 4) is 0 Å². The first-order valence-electron chi connectivity index (χ1n) is 8.29. The Morgan fingerprint density at radius 1 is 1.31 bits per heavy atom. The van der Waals surface area contributed by atoms with Gasteiger partial charge >= 0.3 is 0 Å². The zero-order chi connectivity index (χ0) is 18.5. The highest BCUT2D eigenvalue weighted by molar-refractivity contribution is 6.10. The van der Waals surface area contributed by atoms with Crippen LogP contribution in [0.4, 0.5) is 5.69 Å². The minimum Gasteiger partial charge on any atom is -0.356 e. The smallest absolute Gasteiger partial charge is 0.254 e. The summed E-state index contributed by atoms with van der Waals surface area (Å²) in [6.45, 7) is 2.14. The summed E-state index contributed by atoms with van der Waals surface area (Å²) in [5.41, 5.74) is 0.811. The van der Waals surface area contributed by atoms with E-state index < -0.39 is 11.9 Å². The summed E-state index contributed by atoms with van der Waals surface area (Å²) in [5, 5.41) is 11.7. The minimum absolute atomic E-state index is 0.134. The molecule has 9 nitrogen and oxygen atoms in total. The van der Waals surface area contributed by atoms with E-state index in [9.17, 15) is 14.4 Å². The lowest BCUT2D eigenvalue weighted by molar-refractivity contribution is -0.125. The molecule has 1 aromatic carbocycles. The van der Waals surface area contributed by atoms with Crippen LogP contribution in [0.5, 0.6) is 0 Å². The lowest BCUT2D eigenvalue weighted by Crippen LogP contribution is -2.44. The van der Waals surface area contributed by atoms with Crippen LogP contribution in [0.2, 0.25) is 0 Å². The maximum absolute atomic E-state index is 12.2. The van der Waals surface area contributed by atoms with E-state index in [4.69, 9.17) is 4.52 Å². The average molecular weight is 357 g/mol. The minimum atomic E-state index is -0.923. The number of nitrogens with one attached hydrogen (secondary N) is 3. The number of fused-ring (bicyclic) bond motifs is 1. The Morgan fingerprint density at radius 2 is 2.12 bits per heavy atom. The van der Waals surface area contributed by atoms with Crippen LogP contribution >= 0.6 is 0 Å². The first-order chi connectivity index (χ1) is 12.5. The van der Waals surface area contributed by atoms with Gasteiger partial charge in [0.2, 0.25) is 17.7 Å². The molecule has 0 aliphatic carbocycles. The fourth-order valence-electron chi connectivity index (χ4n) is 2.62. The van der Waals surface area contributed by atoms with Gasteiger partial charge in [0.15, 0.2) is 5.82 Å². The van der Waals surface area contributed by atoms with Gasteiger partial charge in [0.25, 0.3) is 5.91 Å². The maximum Gasteiger partial charge on any atom is 0.254 e. The molecule has 0 saturated heterocycles. The van der Waals surface area contributed by atoms with Gasteiger partial charge in [-0.15, -0.1) is 0 Å². The molecule has 0 fully saturated rings. The molecule has 1 unspecified atom stereocenters. The number of aryl methyl sites for hydroxylation is 2. The second kappa shape index (κ2) is 7.77. The van der Waals surface area contributed by atoms with Crippen LogP contribution in [0, 0.1) is 6.92 Å². The Morgan fingerprint density at radius 3 is 2.88 bits per heavy atom. The van der Waals surface area contributed by atoms with E-state index in [-0.39, 0.29) is 18.2 Å². The number of anilines is 1. The van der Waals surface area contributed by atoms with Crippen LogP contribution < -0.4 is 16.0 Å². The summed E-state index contributed by atoms with van der Waals surface area (Å²) in [7, 11) is 0. The van der Waals surface area contributed by atoms with Crippen molar-refractivity contribution in [2.24, 2.45) is 0 Å². The van der Waals surface area contributed by atoms with Crippen molar-refractivity contribution in [3.05, 3.63) is 41.5 Å². The molecule has 9 heteroatoms. The van der Waals surface area contributed by atoms with Gasteiger partial charge in [0.1, 0.15) is 6.04 Å². The van der Waals surface area contributed by atoms with E-state index in [2.05, 4.69) is 26.1 Å². The van der Waals surface area contributed by atoms with Crippen LogP contribution in [-0.4, -0.2) is 40.4 Å². The van der Waals surface area contributed by atoms with Crippen molar-refractivity contribution in [1.29, 1.82) is 0 Å². The topological polar surface area (TPSA) is 126 Å². The zero-order valence-corrected chi connectivity index (χ0v) is 14.2. The van der Waals surface area contributed by atoms with Crippen molar-refractivity contribution in [3.63, 3.8) is 0 Å². The van der Waals surface area contributed by atoms with Crippen molar-refractivity contribution < 1.29 is 18.9 Å². The predicted molar refractivity (Wildman–Crippen MR) is 91.3 cm³/mol. The highest BCUT2D eigenvalue weighted by Crippen LogP contribution is 2.18. The van der Waals surface area contributed by atoms with Crippen LogP contribution in [0.3, 0.4) is 0 Å². The van der Waals surface area contributed by atoms with Gasteiger partial charge in [-0.05, 0) is 25.5 Å². The SMILES string of the molecule is Cc1noc(CCCNC(=O)CC2NC(=O)c3ccccc3NC2=O)n1. The Balaban J connectivity index is 1.48. The second-order valence-corrected chi connectivity index (χ2v) is 5.95. The van der Waals surface area contributed by atoms with E-state index in [1.807, 2.05) is 0 Å². The predicted octanol–water partition coefficient (Wildman–Crippen LogP) is 0.568. The molecule has 0 spiro atoms. The molecular weight excluding hydrogens is 338 g/mol. The molecule has 0 saturated carbocycles. The number of benzene rings is 1. The fourth-order valence-corrected chi connectivity index (χ4v) is 2.62. The molecule has 1 aliphatic rings. The Kier molecular flexibility index (Phi) is 5.26. The third-order valence-corrected chi connectivity index (χ3v) is 3.90. The standard InChI is InChI=1S/C17H19N5O4/c1-10-19-15(26-22-10)7-4-8-18-14(23)9-13-17(25)20-12-6-3-2-5-11(12)16(24)21-13/h2-3,5-6,13H,4,7-9H2,1H3,(H,18,23)(H,20,25)(H,21,24). The lowest BCUT2D eigenvalue weighted by Gasteiger charge is -2.14. The molecule has 3 N–H and O–H groups in total. The number of para-hydroxylation sites is 1. The molecule has 26 heavy (non-hydrogen) atoms.